The van der Waals surface area contributed by atoms with Crippen LogP contribution in [0.25, 0.3) is 0 Å². The summed E-state index contributed by atoms with van der Waals surface area (Å²) in [6.45, 7) is 5.14. The third kappa shape index (κ3) is 7.80. The number of hydrogen-bond donors (Lipinski definition) is 2. The highest BCUT2D eigenvalue weighted by atomic mass is 16.6. The van der Waals surface area contributed by atoms with Crippen molar-refractivity contribution < 1.29 is 23.9 Å². The first kappa shape index (κ1) is 20.6. The number of hydrogen-bond acceptors (Lipinski definition) is 6. The molecule has 0 unspecified atom stereocenters. The van der Waals surface area contributed by atoms with E-state index in [2.05, 4.69) is 10.1 Å². The van der Waals surface area contributed by atoms with E-state index in [9.17, 15) is 14.4 Å². The zero-order valence-corrected chi connectivity index (χ0v) is 15.1. The lowest BCUT2D eigenvalue weighted by atomic mass is 10.1. The lowest BCUT2D eigenvalue weighted by molar-refractivity contribution is -0.159. The monoisotopic (exact) mass is 350 g/mol. The van der Waals surface area contributed by atoms with Crippen LogP contribution in [0.4, 0.5) is 0 Å². The second kappa shape index (κ2) is 9.17. The number of nitrogens with one attached hydrogen (secondary N) is 1. The summed E-state index contributed by atoms with van der Waals surface area (Å²) in [6, 6.07) is 7.27. The van der Waals surface area contributed by atoms with Crippen LogP contribution in [0.2, 0.25) is 0 Å². The second-order valence-corrected chi connectivity index (χ2v) is 6.67. The molecular weight excluding hydrogens is 324 g/mol. The Morgan fingerprint density at radius 2 is 1.76 bits per heavy atom. The first-order chi connectivity index (χ1) is 11.6. The Morgan fingerprint density at radius 1 is 1.16 bits per heavy atom. The Labute approximate surface area is 147 Å². The van der Waals surface area contributed by atoms with Gasteiger partial charge in [0, 0.05) is 0 Å². The summed E-state index contributed by atoms with van der Waals surface area (Å²) < 4.78 is 9.81. The molecule has 7 heteroatoms. The van der Waals surface area contributed by atoms with Crippen molar-refractivity contribution in [2.75, 3.05) is 7.11 Å². The fourth-order valence-electron chi connectivity index (χ4n) is 2.12. The van der Waals surface area contributed by atoms with Gasteiger partial charge in [-0.05, 0) is 32.8 Å². The van der Waals surface area contributed by atoms with Crippen molar-refractivity contribution in [2.24, 2.45) is 5.73 Å². The molecule has 3 N–H and O–H groups in total. The van der Waals surface area contributed by atoms with Crippen molar-refractivity contribution in [2.45, 2.75) is 51.3 Å². The number of esters is 2. The third-order valence-electron chi connectivity index (χ3n) is 3.23. The number of ether oxygens (including phenoxy) is 2. The maximum Gasteiger partial charge on any atom is 0.328 e. The van der Waals surface area contributed by atoms with Gasteiger partial charge in [-0.25, -0.2) is 4.79 Å². The van der Waals surface area contributed by atoms with Gasteiger partial charge in [-0.15, -0.1) is 0 Å². The van der Waals surface area contributed by atoms with Crippen LogP contribution in [-0.2, 0) is 30.3 Å². The van der Waals surface area contributed by atoms with E-state index in [1.807, 2.05) is 30.3 Å². The van der Waals surface area contributed by atoms with Crippen molar-refractivity contribution in [1.29, 1.82) is 0 Å². The van der Waals surface area contributed by atoms with Crippen LogP contribution in [0.15, 0.2) is 30.3 Å². The second-order valence-electron chi connectivity index (χ2n) is 6.67. The predicted molar refractivity (Wildman–Crippen MR) is 92.5 cm³/mol. The number of carbonyl (C=O) groups is 3. The lowest BCUT2D eigenvalue weighted by Crippen LogP contribution is -2.50. The number of rotatable bonds is 7. The Bertz CT molecular complexity index is 595. The lowest BCUT2D eigenvalue weighted by Gasteiger charge is -2.22. The molecule has 0 aliphatic carbocycles. The summed E-state index contributed by atoms with van der Waals surface area (Å²) in [7, 11) is 1.18. The fourth-order valence-corrected chi connectivity index (χ4v) is 2.12. The highest BCUT2D eigenvalue weighted by molar-refractivity contribution is 5.90. The van der Waals surface area contributed by atoms with Crippen LogP contribution >= 0.6 is 0 Å². The van der Waals surface area contributed by atoms with Gasteiger partial charge in [0.15, 0.2) is 0 Å². The van der Waals surface area contributed by atoms with Crippen molar-refractivity contribution in [1.82, 2.24) is 5.32 Å². The van der Waals surface area contributed by atoms with Crippen molar-refractivity contribution in [3.8, 4) is 0 Å². The maximum atomic E-state index is 12.2. The standard InChI is InChI=1S/C18H26N2O5/c1-18(2,3)25-15(21)11-14(17(23)24-4)20-16(22)13(19)10-12-8-6-5-7-9-12/h5-9,13-14H,10-11,19H2,1-4H3,(H,20,22)/t13-,14+/m1/s1. The van der Waals surface area contributed by atoms with Gasteiger partial charge in [0.2, 0.25) is 5.91 Å². The van der Waals surface area contributed by atoms with E-state index in [-0.39, 0.29) is 6.42 Å². The quantitative estimate of drug-likeness (QED) is 0.709. The molecule has 7 nitrogen and oxygen atoms in total. The first-order valence-corrected chi connectivity index (χ1v) is 8.02. The minimum absolute atomic E-state index is 0.313. The molecule has 2 atom stereocenters. The summed E-state index contributed by atoms with van der Waals surface area (Å²) >= 11 is 0. The zero-order valence-electron chi connectivity index (χ0n) is 15.1. The van der Waals surface area contributed by atoms with Crippen LogP contribution in [0, 0.1) is 0 Å². The minimum Gasteiger partial charge on any atom is -0.467 e. The van der Waals surface area contributed by atoms with Crippen molar-refractivity contribution in [3.63, 3.8) is 0 Å². The number of benzene rings is 1. The van der Waals surface area contributed by atoms with E-state index >= 15 is 0 Å². The van der Waals surface area contributed by atoms with Crippen LogP contribution in [0.3, 0.4) is 0 Å². The molecule has 0 spiro atoms. The summed E-state index contributed by atoms with van der Waals surface area (Å²) in [6.07, 6.45) is -0.0132. The van der Waals surface area contributed by atoms with Crippen molar-refractivity contribution >= 4 is 17.8 Å². The molecule has 0 aliphatic heterocycles. The molecule has 1 aromatic rings. The SMILES string of the molecule is COC(=O)[C@H](CC(=O)OC(C)(C)C)NC(=O)[C@H](N)Cc1ccccc1. The molecule has 0 heterocycles. The number of methoxy groups -OCH3 is 1. The Hall–Kier alpha value is -2.41. The molecule has 1 rings (SSSR count). The molecule has 138 valence electrons. The van der Waals surface area contributed by atoms with Gasteiger partial charge in [-0.2, -0.15) is 0 Å². The van der Waals surface area contributed by atoms with Gasteiger partial charge >= 0.3 is 11.9 Å². The van der Waals surface area contributed by atoms with Crippen LogP contribution < -0.4 is 11.1 Å². The van der Waals surface area contributed by atoms with E-state index < -0.39 is 35.5 Å². The Kier molecular flexibility index (Phi) is 7.57. The van der Waals surface area contributed by atoms with E-state index in [0.29, 0.717) is 6.42 Å². The van der Waals surface area contributed by atoms with E-state index in [0.717, 1.165) is 5.56 Å². The summed E-state index contributed by atoms with van der Waals surface area (Å²) in [5, 5.41) is 2.47. The van der Waals surface area contributed by atoms with Crippen LogP contribution in [-0.4, -0.2) is 42.6 Å². The highest BCUT2D eigenvalue weighted by Crippen LogP contribution is 2.10. The van der Waals surface area contributed by atoms with Crippen LogP contribution in [0.1, 0.15) is 32.8 Å². The van der Waals surface area contributed by atoms with Gasteiger partial charge in [0.05, 0.1) is 19.6 Å². The molecule has 0 saturated heterocycles. The molecule has 0 aliphatic rings. The molecule has 0 bridgehead atoms. The summed E-state index contributed by atoms with van der Waals surface area (Å²) in [5.41, 5.74) is 6.10. The number of amides is 1. The molecular formula is C18H26N2O5. The highest BCUT2D eigenvalue weighted by Gasteiger charge is 2.29. The number of nitrogens with two attached hydrogens (primary N) is 1. The van der Waals surface area contributed by atoms with Gasteiger partial charge < -0.3 is 20.5 Å². The fraction of sp³-hybridized carbons (Fsp3) is 0.500. The molecule has 0 saturated carbocycles. The zero-order chi connectivity index (χ0) is 19.0. The predicted octanol–water partition coefficient (Wildman–Crippen LogP) is 0.946. The minimum atomic E-state index is -1.14. The Morgan fingerprint density at radius 3 is 2.28 bits per heavy atom. The molecule has 0 fully saturated rings. The van der Waals surface area contributed by atoms with E-state index in [1.165, 1.54) is 7.11 Å². The van der Waals surface area contributed by atoms with Gasteiger partial charge in [-0.3, -0.25) is 9.59 Å². The maximum absolute atomic E-state index is 12.2. The largest absolute Gasteiger partial charge is 0.467 e. The van der Waals surface area contributed by atoms with Gasteiger partial charge in [0.1, 0.15) is 11.6 Å². The topological polar surface area (TPSA) is 108 Å². The molecule has 25 heavy (non-hydrogen) atoms. The first-order valence-electron chi connectivity index (χ1n) is 8.02. The van der Waals surface area contributed by atoms with E-state index in [1.54, 1.807) is 20.8 Å². The van der Waals surface area contributed by atoms with Gasteiger partial charge in [-0.1, -0.05) is 30.3 Å². The smallest absolute Gasteiger partial charge is 0.328 e. The summed E-state index contributed by atoms with van der Waals surface area (Å²) in [4.78, 5) is 36.0. The molecule has 1 amide bonds. The Balaban J connectivity index is 2.69. The normalized spacial score (nSPS) is 13.5. The summed E-state index contributed by atoms with van der Waals surface area (Å²) in [5.74, 6) is -1.88. The van der Waals surface area contributed by atoms with Crippen LogP contribution in [0.5, 0.6) is 0 Å². The third-order valence-corrected chi connectivity index (χ3v) is 3.23. The average molecular weight is 350 g/mol. The number of carbonyl (C=O) groups excluding carboxylic acids is 3. The van der Waals surface area contributed by atoms with E-state index in [4.69, 9.17) is 10.5 Å². The average Bonchev–Trinajstić information content (AvgIpc) is 2.52. The molecule has 1 aromatic carbocycles. The van der Waals surface area contributed by atoms with Crippen molar-refractivity contribution in [3.05, 3.63) is 35.9 Å². The molecule has 0 radical (unpaired) electrons. The molecule has 0 aromatic heterocycles. The van der Waals surface area contributed by atoms with Gasteiger partial charge in [0.25, 0.3) is 0 Å².